The molecule has 2 aromatic rings. The van der Waals surface area contributed by atoms with E-state index < -0.39 is 0 Å². The van der Waals surface area contributed by atoms with Crippen molar-refractivity contribution in [2.75, 3.05) is 6.61 Å². The number of para-hydroxylation sites is 1. The van der Waals surface area contributed by atoms with Crippen molar-refractivity contribution in [1.29, 1.82) is 0 Å². The third-order valence-corrected chi connectivity index (χ3v) is 3.79. The Hall–Kier alpha value is -1.61. The van der Waals surface area contributed by atoms with Crippen LogP contribution in [-0.2, 0) is 12.8 Å². The zero-order chi connectivity index (χ0) is 13.4. The summed E-state index contributed by atoms with van der Waals surface area (Å²) in [6.07, 6.45) is 1.73. The lowest BCUT2D eigenvalue weighted by atomic mass is 10.0. The van der Waals surface area contributed by atoms with E-state index in [9.17, 15) is 0 Å². The van der Waals surface area contributed by atoms with Gasteiger partial charge in [0.25, 0.3) is 0 Å². The molecule has 1 aliphatic heterocycles. The van der Waals surface area contributed by atoms with Gasteiger partial charge >= 0.3 is 0 Å². The van der Waals surface area contributed by atoms with Crippen LogP contribution in [0, 0.1) is 6.92 Å². The second-order valence-corrected chi connectivity index (χ2v) is 5.01. The molecule has 1 aliphatic rings. The molecule has 0 spiro atoms. The molecule has 0 unspecified atom stereocenters. The van der Waals surface area contributed by atoms with Crippen LogP contribution in [0.3, 0.4) is 0 Å². The number of fused-ring (bicyclic) bond motifs is 1. The van der Waals surface area contributed by atoms with Crippen molar-refractivity contribution in [2.24, 2.45) is 0 Å². The lowest BCUT2D eigenvalue weighted by Gasteiger charge is -2.12. The first-order valence-electron chi connectivity index (χ1n) is 6.48. The Morgan fingerprint density at radius 3 is 2.95 bits per heavy atom. The van der Waals surface area contributed by atoms with E-state index in [1.807, 2.05) is 26.0 Å². The number of aryl methyl sites for hydroxylation is 1. The molecule has 19 heavy (non-hydrogen) atoms. The quantitative estimate of drug-likeness (QED) is 0.785. The number of hydrogen-bond donors (Lipinski definition) is 0. The Balaban J connectivity index is 2.22. The predicted octanol–water partition coefficient (Wildman–Crippen LogP) is 3.60. The molecule has 4 heteroatoms. The van der Waals surface area contributed by atoms with Gasteiger partial charge < -0.3 is 4.74 Å². The van der Waals surface area contributed by atoms with Crippen molar-refractivity contribution >= 4 is 11.6 Å². The Bertz CT molecular complexity index is 640. The molecule has 3 nitrogen and oxygen atoms in total. The standard InChI is InChI=1S/C15H15ClN2O/c1-3-12-17-13(9(2)15(16)18-12)11-6-4-5-10-7-8-19-14(10)11/h4-6H,3,7-8H2,1-2H3. The third-order valence-electron chi connectivity index (χ3n) is 3.42. The van der Waals surface area contributed by atoms with Crippen LogP contribution < -0.4 is 4.74 Å². The summed E-state index contributed by atoms with van der Waals surface area (Å²) in [5.41, 5.74) is 4.05. The van der Waals surface area contributed by atoms with Gasteiger partial charge in [-0.15, -0.1) is 0 Å². The van der Waals surface area contributed by atoms with Gasteiger partial charge in [-0.3, -0.25) is 0 Å². The second-order valence-electron chi connectivity index (χ2n) is 4.65. The lowest BCUT2D eigenvalue weighted by Crippen LogP contribution is -2.00. The summed E-state index contributed by atoms with van der Waals surface area (Å²) in [6, 6.07) is 6.18. The number of ether oxygens (including phenoxy) is 1. The Morgan fingerprint density at radius 2 is 2.16 bits per heavy atom. The van der Waals surface area contributed by atoms with Gasteiger partial charge in [0.2, 0.25) is 0 Å². The summed E-state index contributed by atoms with van der Waals surface area (Å²) in [7, 11) is 0. The van der Waals surface area contributed by atoms with Crippen LogP contribution in [0.5, 0.6) is 5.75 Å². The number of benzene rings is 1. The fraction of sp³-hybridized carbons (Fsp3) is 0.333. The zero-order valence-electron chi connectivity index (χ0n) is 11.0. The summed E-state index contributed by atoms with van der Waals surface area (Å²) in [4.78, 5) is 8.91. The molecule has 0 radical (unpaired) electrons. The van der Waals surface area contributed by atoms with Crippen molar-refractivity contribution in [3.05, 3.63) is 40.3 Å². The van der Waals surface area contributed by atoms with Crippen LogP contribution in [0.15, 0.2) is 18.2 Å². The molecule has 0 amide bonds. The summed E-state index contributed by atoms with van der Waals surface area (Å²) in [5, 5.41) is 0.525. The van der Waals surface area contributed by atoms with E-state index in [1.165, 1.54) is 5.56 Å². The minimum absolute atomic E-state index is 0.525. The summed E-state index contributed by atoms with van der Waals surface area (Å²) in [5.74, 6) is 1.71. The maximum atomic E-state index is 6.21. The normalized spacial score (nSPS) is 13.2. The third kappa shape index (κ3) is 2.08. The summed E-state index contributed by atoms with van der Waals surface area (Å²) in [6.45, 7) is 4.72. The first-order chi connectivity index (χ1) is 9.20. The number of rotatable bonds is 2. The van der Waals surface area contributed by atoms with Crippen LogP contribution in [0.25, 0.3) is 11.3 Å². The fourth-order valence-corrected chi connectivity index (χ4v) is 2.54. The maximum absolute atomic E-state index is 6.21. The van der Waals surface area contributed by atoms with Crippen molar-refractivity contribution in [1.82, 2.24) is 9.97 Å². The first kappa shape index (κ1) is 12.4. The highest BCUT2D eigenvalue weighted by atomic mass is 35.5. The van der Waals surface area contributed by atoms with Crippen LogP contribution in [0.4, 0.5) is 0 Å². The molecular weight excluding hydrogens is 260 g/mol. The summed E-state index contributed by atoms with van der Waals surface area (Å²) >= 11 is 6.21. The molecule has 1 aromatic carbocycles. The van der Waals surface area contributed by atoms with E-state index in [0.717, 1.165) is 47.8 Å². The van der Waals surface area contributed by atoms with E-state index in [2.05, 4.69) is 16.0 Å². The van der Waals surface area contributed by atoms with E-state index in [4.69, 9.17) is 16.3 Å². The average molecular weight is 275 g/mol. The van der Waals surface area contributed by atoms with Gasteiger partial charge in [-0.25, -0.2) is 9.97 Å². The molecule has 2 heterocycles. The molecule has 3 rings (SSSR count). The van der Waals surface area contributed by atoms with Crippen LogP contribution >= 0.6 is 11.6 Å². The minimum Gasteiger partial charge on any atom is -0.492 e. The number of hydrogen-bond acceptors (Lipinski definition) is 3. The average Bonchev–Trinajstić information content (AvgIpc) is 2.90. The molecule has 0 N–H and O–H groups in total. The number of nitrogens with zero attached hydrogens (tertiary/aromatic N) is 2. The van der Waals surface area contributed by atoms with Gasteiger partial charge in [-0.1, -0.05) is 30.7 Å². The molecule has 0 saturated carbocycles. The van der Waals surface area contributed by atoms with E-state index in [0.29, 0.717) is 5.15 Å². The van der Waals surface area contributed by atoms with Gasteiger partial charge in [0, 0.05) is 24.0 Å². The molecule has 0 saturated heterocycles. The highest BCUT2D eigenvalue weighted by Gasteiger charge is 2.20. The van der Waals surface area contributed by atoms with Gasteiger partial charge in [-0.2, -0.15) is 0 Å². The molecule has 0 bridgehead atoms. The van der Waals surface area contributed by atoms with Crippen LogP contribution in [-0.4, -0.2) is 16.6 Å². The Labute approximate surface area is 117 Å². The largest absolute Gasteiger partial charge is 0.492 e. The van der Waals surface area contributed by atoms with Crippen molar-refractivity contribution in [3.63, 3.8) is 0 Å². The number of halogens is 1. The van der Waals surface area contributed by atoms with Gasteiger partial charge in [0.15, 0.2) is 0 Å². The topological polar surface area (TPSA) is 35.0 Å². The second kappa shape index (κ2) is 4.82. The van der Waals surface area contributed by atoms with E-state index in [-0.39, 0.29) is 0 Å². The highest BCUT2D eigenvalue weighted by molar-refractivity contribution is 6.30. The molecule has 0 aliphatic carbocycles. The van der Waals surface area contributed by atoms with Gasteiger partial charge in [0.05, 0.1) is 12.3 Å². The van der Waals surface area contributed by atoms with Crippen molar-refractivity contribution < 1.29 is 4.74 Å². The first-order valence-corrected chi connectivity index (χ1v) is 6.86. The summed E-state index contributed by atoms with van der Waals surface area (Å²) < 4.78 is 5.75. The lowest BCUT2D eigenvalue weighted by molar-refractivity contribution is 0.358. The van der Waals surface area contributed by atoms with E-state index >= 15 is 0 Å². The predicted molar refractivity (Wildman–Crippen MR) is 75.8 cm³/mol. The smallest absolute Gasteiger partial charge is 0.136 e. The Kier molecular flexibility index (Phi) is 3.15. The maximum Gasteiger partial charge on any atom is 0.136 e. The monoisotopic (exact) mass is 274 g/mol. The van der Waals surface area contributed by atoms with Gasteiger partial charge in [0.1, 0.15) is 16.7 Å². The Morgan fingerprint density at radius 1 is 1.32 bits per heavy atom. The van der Waals surface area contributed by atoms with Crippen LogP contribution in [0.2, 0.25) is 5.15 Å². The molecule has 98 valence electrons. The zero-order valence-corrected chi connectivity index (χ0v) is 11.8. The molecule has 1 aromatic heterocycles. The molecule has 0 atom stereocenters. The number of aromatic nitrogens is 2. The van der Waals surface area contributed by atoms with Gasteiger partial charge in [-0.05, 0) is 18.6 Å². The highest BCUT2D eigenvalue weighted by Crippen LogP contribution is 2.38. The SMILES string of the molecule is CCc1nc(Cl)c(C)c(-c2cccc3c2OCC3)n1. The van der Waals surface area contributed by atoms with Crippen molar-refractivity contribution in [2.45, 2.75) is 26.7 Å². The van der Waals surface area contributed by atoms with E-state index in [1.54, 1.807) is 0 Å². The van der Waals surface area contributed by atoms with Crippen LogP contribution in [0.1, 0.15) is 23.9 Å². The van der Waals surface area contributed by atoms with Crippen molar-refractivity contribution in [3.8, 4) is 17.0 Å². The molecule has 0 fully saturated rings. The fourth-order valence-electron chi connectivity index (χ4n) is 2.35. The minimum atomic E-state index is 0.525. The molecular formula is C15H15ClN2O.